The van der Waals surface area contributed by atoms with E-state index in [0.717, 1.165) is 48.2 Å². The minimum absolute atomic E-state index is 0.0379. The third-order valence-corrected chi connectivity index (χ3v) is 6.58. The molecule has 2 amide bonds. The Bertz CT molecular complexity index is 1290. The summed E-state index contributed by atoms with van der Waals surface area (Å²) in [6.45, 7) is 9.00. The van der Waals surface area contributed by atoms with Crippen molar-refractivity contribution in [3.05, 3.63) is 52.4 Å². The molecule has 9 nitrogen and oxygen atoms in total. The van der Waals surface area contributed by atoms with E-state index in [9.17, 15) is 14.4 Å². The van der Waals surface area contributed by atoms with Crippen LogP contribution < -0.4 is 21.2 Å². The molecule has 9 heteroatoms. The smallest absolute Gasteiger partial charge is 0.329 e. The number of rotatable bonds is 8. The van der Waals surface area contributed by atoms with Crippen LogP contribution in [-0.2, 0) is 29.0 Å². The largest absolute Gasteiger partial charge is 0.466 e. The van der Waals surface area contributed by atoms with Gasteiger partial charge in [-0.1, -0.05) is 12.1 Å². The number of aryl methyl sites for hydroxylation is 2. The van der Waals surface area contributed by atoms with Gasteiger partial charge >= 0.3 is 17.7 Å². The average Bonchev–Trinajstić information content (AvgIpc) is 3.14. The number of hydrogen-bond acceptors (Lipinski definition) is 5. The van der Waals surface area contributed by atoms with Gasteiger partial charge in [0.1, 0.15) is 0 Å². The molecule has 1 fully saturated rings. The summed E-state index contributed by atoms with van der Waals surface area (Å²) in [4.78, 5) is 39.9. The first-order chi connectivity index (χ1) is 17.4. The van der Waals surface area contributed by atoms with Crippen LogP contribution in [0.4, 0.5) is 21.9 Å². The van der Waals surface area contributed by atoms with Gasteiger partial charge in [-0.05, 0) is 69.9 Å². The van der Waals surface area contributed by atoms with Crippen molar-refractivity contribution in [2.45, 2.75) is 59.5 Å². The minimum atomic E-state index is -0.369. The van der Waals surface area contributed by atoms with Gasteiger partial charge in [0.25, 0.3) is 0 Å². The SMILES string of the molecule is CCOC(=O)Cc1ccc(NC(=O)Nc2cc3c(cc2N2CCCCC2)n(CC)c(=O)n3CC)cc1. The number of carbonyl (C=O) groups is 2. The number of hydrogen-bond donors (Lipinski definition) is 2. The number of urea groups is 1. The number of nitrogens with zero attached hydrogens (tertiary/aromatic N) is 3. The van der Waals surface area contributed by atoms with Crippen LogP contribution in [0, 0.1) is 0 Å². The van der Waals surface area contributed by atoms with Crippen LogP contribution in [0.25, 0.3) is 11.0 Å². The zero-order chi connectivity index (χ0) is 25.7. The fourth-order valence-electron chi connectivity index (χ4n) is 4.83. The molecule has 0 unspecified atom stereocenters. The zero-order valence-electron chi connectivity index (χ0n) is 21.3. The lowest BCUT2D eigenvalue weighted by molar-refractivity contribution is -0.142. The molecule has 0 saturated carbocycles. The van der Waals surface area contributed by atoms with E-state index in [4.69, 9.17) is 4.74 Å². The Morgan fingerprint density at radius 1 is 0.889 bits per heavy atom. The van der Waals surface area contributed by atoms with E-state index in [-0.39, 0.29) is 24.1 Å². The van der Waals surface area contributed by atoms with Crippen molar-refractivity contribution in [3.63, 3.8) is 0 Å². The molecule has 0 atom stereocenters. The van der Waals surface area contributed by atoms with E-state index in [2.05, 4.69) is 15.5 Å². The first kappa shape index (κ1) is 25.3. The molecular formula is C27H35N5O4. The monoisotopic (exact) mass is 493 g/mol. The van der Waals surface area contributed by atoms with E-state index in [1.54, 1.807) is 40.3 Å². The second-order valence-corrected chi connectivity index (χ2v) is 8.93. The van der Waals surface area contributed by atoms with Gasteiger partial charge in [0.2, 0.25) is 0 Å². The van der Waals surface area contributed by atoms with Crippen LogP contribution >= 0.6 is 0 Å². The molecule has 4 rings (SSSR count). The van der Waals surface area contributed by atoms with E-state index in [1.807, 2.05) is 26.0 Å². The van der Waals surface area contributed by atoms with Gasteiger partial charge in [-0.2, -0.15) is 0 Å². The van der Waals surface area contributed by atoms with Crippen molar-refractivity contribution in [2.24, 2.45) is 0 Å². The number of imidazole rings is 1. The van der Waals surface area contributed by atoms with Crippen molar-refractivity contribution < 1.29 is 14.3 Å². The number of esters is 1. The van der Waals surface area contributed by atoms with Gasteiger partial charge in [-0.15, -0.1) is 0 Å². The summed E-state index contributed by atoms with van der Waals surface area (Å²) in [5, 5.41) is 5.89. The highest BCUT2D eigenvalue weighted by atomic mass is 16.5. The molecule has 2 heterocycles. The molecule has 192 valence electrons. The van der Waals surface area contributed by atoms with Crippen LogP contribution in [0.3, 0.4) is 0 Å². The first-order valence-corrected chi connectivity index (χ1v) is 12.8. The Hall–Kier alpha value is -3.75. The van der Waals surface area contributed by atoms with Crippen LogP contribution in [-0.4, -0.2) is 40.8 Å². The number of ether oxygens (including phenoxy) is 1. The number of anilines is 3. The topological polar surface area (TPSA) is 97.6 Å². The number of fused-ring (bicyclic) bond motifs is 1. The maximum absolute atomic E-state index is 13.0. The molecule has 0 spiro atoms. The number of carbonyl (C=O) groups excluding carboxylic acids is 2. The summed E-state index contributed by atoms with van der Waals surface area (Å²) in [6.07, 6.45) is 3.58. The zero-order valence-corrected chi connectivity index (χ0v) is 21.3. The molecule has 0 radical (unpaired) electrons. The molecule has 1 aliphatic rings. The predicted octanol–water partition coefficient (Wildman–Crippen LogP) is 4.58. The third-order valence-electron chi connectivity index (χ3n) is 6.58. The Morgan fingerprint density at radius 2 is 1.53 bits per heavy atom. The Labute approximate surface area is 211 Å². The lowest BCUT2D eigenvalue weighted by Gasteiger charge is -2.30. The number of benzene rings is 2. The van der Waals surface area contributed by atoms with Crippen molar-refractivity contribution in [2.75, 3.05) is 35.2 Å². The number of aromatic nitrogens is 2. The quantitative estimate of drug-likeness (QED) is 0.448. The van der Waals surface area contributed by atoms with Crippen molar-refractivity contribution in [1.29, 1.82) is 0 Å². The summed E-state index contributed by atoms with van der Waals surface area (Å²) in [5.41, 5.74) is 4.69. The molecule has 36 heavy (non-hydrogen) atoms. The second kappa shape index (κ2) is 11.3. The van der Waals surface area contributed by atoms with Crippen LogP contribution in [0.5, 0.6) is 0 Å². The molecule has 1 saturated heterocycles. The minimum Gasteiger partial charge on any atom is -0.466 e. The van der Waals surface area contributed by atoms with Crippen LogP contribution in [0.15, 0.2) is 41.2 Å². The van der Waals surface area contributed by atoms with E-state index in [1.165, 1.54) is 6.42 Å². The highest BCUT2D eigenvalue weighted by Crippen LogP contribution is 2.33. The van der Waals surface area contributed by atoms with Gasteiger partial charge in [-0.3, -0.25) is 13.9 Å². The summed E-state index contributed by atoms with van der Waals surface area (Å²) in [7, 11) is 0. The third kappa shape index (κ3) is 5.40. The maximum atomic E-state index is 13.0. The molecule has 2 N–H and O–H groups in total. The number of amides is 2. The van der Waals surface area contributed by atoms with Crippen LogP contribution in [0.1, 0.15) is 45.6 Å². The van der Waals surface area contributed by atoms with E-state index in [0.29, 0.717) is 31.1 Å². The number of piperidine rings is 1. The standard InChI is InChI=1S/C27H35N5O4/c1-4-31-23-17-21(22(30-14-8-7-9-15-30)18-24(23)32(5-2)27(31)35)29-26(34)28-20-12-10-19(11-13-20)16-25(33)36-6-3/h10-13,17-18H,4-9,14-16H2,1-3H3,(H2,28,29,34). The normalized spacial score (nSPS) is 13.6. The van der Waals surface area contributed by atoms with Crippen molar-refractivity contribution in [3.8, 4) is 0 Å². The fraction of sp³-hybridized carbons (Fsp3) is 0.444. The first-order valence-electron chi connectivity index (χ1n) is 12.8. The van der Waals surface area contributed by atoms with E-state index >= 15 is 0 Å². The highest BCUT2D eigenvalue weighted by Gasteiger charge is 2.21. The Kier molecular flexibility index (Phi) is 7.97. The van der Waals surface area contributed by atoms with Crippen LogP contribution in [0.2, 0.25) is 0 Å². The molecule has 0 bridgehead atoms. The Morgan fingerprint density at radius 3 is 2.14 bits per heavy atom. The van der Waals surface area contributed by atoms with Gasteiger partial charge in [0.05, 0.1) is 35.4 Å². The van der Waals surface area contributed by atoms with Gasteiger partial charge in [-0.25, -0.2) is 9.59 Å². The van der Waals surface area contributed by atoms with Crippen molar-refractivity contribution in [1.82, 2.24) is 9.13 Å². The molecule has 2 aromatic carbocycles. The summed E-state index contributed by atoms with van der Waals surface area (Å²) >= 11 is 0. The fourth-order valence-corrected chi connectivity index (χ4v) is 4.83. The lowest BCUT2D eigenvalue weighted by atomic mass is 10.1. The number of nitrogens with one attached hydrogen (secondary N) is 2. The predicted molar refractivity (Wildman–Crippen MR) is 143 cm³/mol. The second-order valence-electron chi connectivity index (χ2n) is 8.93. The molecule has 1 aliphatic heterocycles. The van der Waals surface area contributed by atoms with E-state index < -0.39 is 0 Å². The van der Waals surface area contributed by atoms with Gasteiger partial charge in [0.15, 0.2) is 0 Å². The summed E-state index contributed by atoms with van der Waals surface area (Å²) in [5.74, 6) is -0.279. The average molecular weight is 494 g/mol. The summed E-state index contributed by atoms with van der Waals surface area (Å²) < 4.78 is 8.51. The maximum Gasteiger partial charge on any atom is 0.329 e. The molecule has 3 aromatic rings. The highest BCUT2D eigenvalue weighted by molar-refractivity contribution is 6.04. The van der Waals surface area contributed by atoms with Gasteiger partial charge in [0, 0.05) is 31.9 Å². The van der Waals surface area contributed by atoms with Crippen molar-refractivity contribution >= 4 is 40.1 Å². The molecule has 0 aliphatic carbocycles. The lowest BCUT2D eigenvalue weighted by Crippen LogP contribution is -2.31. The summed E-state index contributed by atoms with van der Waals surface area (Å²) in [6, 6.07) is 10.7. The molecule has 1 aromatic heterocycles. The Balaban J connectivity index is 1.60. The molecular weight excluding hydrogens is 458 g/mol. The van der Waals surface area contributed by atoms with Gasteiger partial charge < -0.3 is 20.3 Å².